The summed E-state index contributed by atoms with van der Waals surface area (Å²) in [5.41, 5.74) is 5.76. The maximum atomic E-state index is 5.05. The van der Waals surface area contributed by atoms with E-state index in [1.165, 1.54) is 31.3 Å². The van der Waals surface area contributed by atoms with Crippen LogP contribution in [0.15, 0.2) is 84.9 Å². The van der Waals surface area contributed by atoms with Crippen molar-refractivity contribution >= 4 is 31.5 Å². The second kappa shape index (κ2) is 6.08. The van der Waals surface area contributed by atoms with E-state index < -0.39 is 0 Å². The Bertz CT molecular complexity index is 1220. The Kier molecular flexibility index (Phi) is 3.58. The molecule has 0 atom stereocenters. The van der Waals surface area contributed by atoms with Gasteiger partial charge in [-0.1, -0.05) is 78.9 Å². The van der Waals surface area contributed by atoms with Crippen LogP contribution < -0.4 is 0 Å². The normalized spacial score (nSPS) is 11.3. The van der Waals surface area contributed by atoms with Gasteiger partial charge >= 0.3 is 0 Å². The summed E-state index contributed by atoms with van der Waals surface area (Å²) in [5, 5.41) is 2.64. The molecular formula is C24H17NS. The van der Waals surface area contributed by atoms with E-state index in [-0.39, 0.29) is 0 Å². The van der Waals surface area contributed by atoms with E-state index in [0.717, 1.165) is 17.0 Å². The number of hydrogen-bond donors (Lipinski definition) is 0. The van der Waals surface area contributed by atoms with Gasteiger partial charge < -0.3 is 0 Å². The number of rotatable bonds is 2. The van der Waals surface area contributed by atoms with Gasteiger partial charge in [0.25, 0.3) is 0 Å². The first-order valence-electron chi connectivity index (χ1n) is 8.75. The van der Waals surface area contributed by atoms with Crippen LogP contribution in [0, 0.1) is 6.92 Å². The van der Waals surface area contributed by atoms with Gasteiger partial charge in [0.15, 0.2) is 0 Å². The van der Waals surface area contributed by atoms with Gasteiger partial charge in [0.05, 0.1) is 16.1 Å². The molecule has 5 rings (SSSR count). The predicted molar refractivity (Wildman–Crippen MR) is 113 cm³/mol. The van der Waals surface area contributed by atoms with Crippen LogP contribution >= 0.6 is 11.3 Å². The van der Waals surface area contributed by atoms with Crippen LogP contribution in [0.4, 0.5) is 0 Å². The highest BCUT2D eigenvalue weighted by molar-refractivity contribution is 7.26. The molecule has 0 aliphatic rings. The molecule has 0 amide bonds. The Morgan fingerprint density at radius 1 is 0.692 bits per heavy atom. The minimum atomic E-state index is 1.06. The zero-order valence-corrected chi connectivity index (χ0v) is 15.3. The van der Waals surface area contributed by atoms with Gasteiger partial charge in [-0.05, 0) is 18.6 Å². The van der Waals surface area contributed by atoms with Gasteiger partial charge in [-0.3, -0.25) is 4.98 Å². The summed E-state index contributed by atoms with van der Waals surface area (Å²) < 4.78 is 2.60. The first-order valence-corrected chi connectivity index (χ1v) is 9.57. The lowest BCUT2D eigenvalue weighted by Gasteiger charge is -2.13. The summed E-state index contributed by atoms with van der Waals surface area (Å²) in [6.07, 6.45) is 0. The third kappa shape index (κ3) is 2.34. The van der Waals surface area contributed by atoms with Crippen LogP contribution in [-0.4, -0.2) is 4.98 Å². The van der Waals surface area contributed by atoms with Crippen molar-refractivity contribution in [3.05, 3.63) is 90.6 Å². The Morgan fingerprint density at radius 3 is 2.04 bits per heavy atom. The number of benzene rings is 3. The zero-order valence-electron chi connectivity index (χ0n) is 14.4. The van der Waals surface area contributed by atoms with E-state index in [4.69, 9.17) is 4.98 Å². The molecular weight excluding hydrogens is 334 g/mol. The summed E-state index contributed by atoms with van der Waals surface area (Å²) in [4.78, 5) is 5.05. The predicted octanol–water partition coefficient (Wildman–Crippen LogP) is 7.09. The maximum absolute atomic E-state index is 5.05. The molecule has 0 saturated heterocycles. The van der Waals surface area contributed by atoms with Crippen LogP contribution in [0.5, 0.6) is 0 Å². The second-order valence-electron chi connectivity index (χ2n) is 6.46. The molecule has 1 nitrogen and oxygen atoms in total. The minimum Gasteiger partial charge on any atom is -0.251 e. The molecule has 2 heterocycles. The molecule has 0 radical (unpaired) electrons. The molecule has 0 aliphatic heterocycles. The molecule has 0 aliphatic carbocycles. The van der Waals surface area contributed by atoms with Crippen LogP contribution in [-0.2, 0) is 0 Å². The number of fused-ring (bicyclic) bond motifs is 3. The molecule has 3 aromatic carbocycles. The fourth-order valence-electron chi connectivity index (χ4n) is 3.63. The quantitative estimate of drug-likeness (QED) is 0.331. The van der Waals surface area contributed by atoms with Crippen molar-refractivity contribution in [1.29, 1.82) is 0 Å². The van der Waals surface area contributed by atoms with E-state index in [0.29, 0.717) is 0 Å². The Balaban J connectivity index is 2.01. The highest BCUT2D eigenvalue weighted by Crippen LogP contribution is 2.44. The average molecular weight is 351 g/mol. The largest absolute Gasteiger partial charge is 0.251 e. The maximum Gasteiger partial charge on any atom is 0.0790 e. The summed E-state index contributed by atoms with van der Waals surface area (Å²) in [7, 11) is 0. The monoisotopic (exact) mass is 351 g/mol. The minimum absolute atomic E-state index is 1.06. The molecule has 0 N–H and O–H groups in total. The number of hydrogen-bond acceptors (Lipinski definition) is 2. The van der Waals surface area contributed by atoms with Gasteiger partial charge in [-0.2, -0.15) is 0 Å². The van der Waals surface area contributed by atoms with Gasteiger partial charge in [0.2, 0.25) is 0 Å². The molecule has 0 saturated carbocycles. The first kappa shape index (κ1) is 15.3. The average Bonchev–Trinajstić information content (AvgIpc) is 3.09. The lowest BCUT2D eigenvalue weighted by molar-refractivity contribution is 1.25. The summed E-state index contributed by atoms with van der Waals surface area (Å²) >= 11 is 1.84. The number of pyridine rings is 1. The van der Waals surface area contributed by atoms with Gasteiger partial charge in [0, 0.05) is 26.6 Å². The van der Waals surface area contributed by atoms with Gasteiger partial charge in [0.1, 0.15) is 0 Å². The molecule has 0 fully saturated rings. The Morgan fingerprint density at radius 2 is 1.31 bits per heavy atom. The highest BCUT2D eigenvalue weighted by atomic mass is 32.1. The topological polar surface area (TPSA) is 12.9 Å². The highest BCUT2D eigenvalue weighted by Gasteiger charge is 2.19. The van der Waals surface area contributed by atoms with Crippen LogP contribution in [0.1, 0.15) is 5.69 Å². The Labute approximate surface area is 156 Å². The molecule has 0 spiro atoms. The SMILES string of the molecule is Cc1nc(-c2ccccc2)c(-c2ccccc2)c2c1sc1ccccc12. The van der Waals surface area contributed by atoms with Crippen molar-refractivity contribution < 1.29 is 0 Å². The molecule has 2 aromatic heterocycles. The standard InChI is InChI=1S/C24H17NS/c1-16-24-22(19-14-8-9-15-20(19)26-24)21(17-10-4-2-5-11-17)23(25-16)18-12-6-3-7-13-18/h2-15H,1H3. The van der Waals surface area contributed by atoms with E-state index in [9.17, 15) is 0 Å². The van der Waals surface area contributed by atoms with Crippen molar-refractivity contribution in [3.63, 3.8) is 0 Å². The van der Waals surface area contributed by atoms with Crippen LogP contribution in [0.25, 0.3) is 42.6 Å². The summed E-state index contributed by atoms with van der Waals surface area (Å²) in [6, 6.07) is 29.8. The van der Waals surface area contributed by atoms with Crippen LogP contribution in [0.2, 0.25) is 0 Å². The van der Waals surface area contributed by atoms with E-state index in [2.05, 4.69) is 91.9 Å². The molecule has 5 aromatic rings. The van der Waals surface area contributed by atoms with Crippen molar-refractivity contribution in [2.45, 2.75) is 6.92 Å². The van der Waals surface area contributed by atoms with Gasteiger partial charge in [-0.25, -0.2) is 0 Å². The lowest BCUT2D eigenvalue weighted by atomic mass is 9.94. The van der Waals surface area contributed by atoms with Crippen molar-refractivity contribution in [3.8, 4) is 22.4 Å². The number of thiophene rings is 1. The second-order valence-corrected chi connectivity index (χ2v) is 7.51. The molecule has 124 valence electrons. The number of aryl methyl sites for hydroxylation is 1. The third-order valence-corrected chi connectivity index (χ3v) is 6.08. The van der Waals surface area contributed by atoms with E-state index in [1.54, 1.807) is 0 Å². The van der Waals surface area contributed by atoms with Crippen LogP contribution in [0.3, 0.4) is 0 Å². The summed E-state index contributed by atoms with van der Waals surface area (Å²) in [6.45, 7) is 2.12. The smallest absolute Gasteiger partial charge is 0.0790 e. The van der Waals surface area contributed by atoms with Crippen molar-refractivity contribution in [2.24, 2.45) is 0 Å². The fourth-order valence-corrected chi connectivity index (χ4v) is 4.79. The van der Waals surface area contributed by atoms with Crippen molar-refractivity contribution in [1.82, 2.24) is 4.98 Å². The third-order valence-electron chi connectivity index (χ3n) is 4.80. The van der Waals surface area contributed by atoms with Crippen molar-refractivity contribution in [2.75, 3.05) is 0 Å². The number of nitrogens with zero attached hydrogens (tertiary/aromatic N) is 1. The molecule has 26 heavy (non-hydrogen) atoms. The van der Waals surface area contributed by atoms with E-state index in [1.807, 2.05) is 11.3 Å². The molecule has 0 bridgehead atoms. The zero-order chi connectivity index (χ0) is 17.5. The molecule has 2 heteroatoms. The van der Waals surface area contributed by atoms with E-state index >= 15 is 0 Å². The fraction of sp³-hybridized carbons (Fsp3) is 0.0417. The molecule has 0 unspecified atom stereocenters. The lowest BCUT2D eigenvalue weighted by Crippen LogP contribution is -1.93. The first-order chi connectivity index (χ1) is 12.8. The Hall–Kier alpha value is -2.97. The van der Waals surface area contributed by atoms with Gasteiger partial charge in [-0.15, -0.1) is 11.3 Å². The number of aromatic nitrogens is 1. The summed E-state index contributed by atoms with van der Waals surface area (Å²) in [5.74, 6) is 0.